The Morgan fingerprint density at radius 3 is 1.82 bits per heavy atom. The number of rotatable bonds is 5. The molecule has 1 saturated carbocycles. The van der Waals surface area contributed by atoms with Gasteiger partial charge in [-0.1, -0.05) is 32.1 Å². The third kappa shape index (κ3) is 3.78. The van der Waals surface area contributed by atoms with Crippen molar-refractivity contribution in [2.45, 2.75) is 64.1 Å². The van der Waals surface area contributed by atoms with E-state index in [0.29, 0.717) is 13.2 Å². The SMILES string of the molecule is CCOP(=O)(OCC)C1(N)CCCCCCC1. The predicted octanol–water partition coefficient (Wildman–Crippen LogP) is 3.65. The number of nitrogens with two attached hydrogens (primary N) is 1. The molecule has 0 aromatic rings. The predicted molar refractivity (Wildman–Crippen MR) is 70.1 cm³/mol. The Morgan fingerprint density at radius 1 is 1.00 bits per heavy atom. The molecule has 0 aromatic carbocycles. The molecule has 0 spiro atoms. The van der Waals surface area contributed by atoms with Crippen LogP contribution in [0.15, 0.2) is 0 Å². The van der Waals surface area contributed by atoms with E-state index >= 15 is 0 Å². The first-order chi connectivity index (χ1) is 8.08. The van der Waals surface area contributed by atoms with Crippen LogP contribution < -0.4 is 5.73 Å². The first kappa shape index (κ1) is 15.2. The topological polar surface area (TPSA) is 61.5 Å². The van der Waals surface area contributed by atoms with Crippen LogP contribution in [0.3, 0.4) is 0 Å². The van der Waals surface area contributed by atoms with Crippen molar-refractivity contribution in [1.29, 1.82) is 0 Å². The summed E-state index contributed by atoms with van der Waals surface area (Å²) in [6.45, 7) is 4.43. The lowest BCUT2D eigenvalue weighted by Crippen LogP contribution is -2.41. The maximum absolute atomic E-state index is 12.8. The van der Waals surface area contributed by atoms with Gasteiger partial charge in [-0.25, -0.2) is 0 Å². The third-order valence-corrected chi connectivity index (χ3v) is 6.10. The summed E-state index contributed by atoms with van der Waals surface area (Å²) < 4.78 is 23.6. The Labute approximate surface area is 105 Å². The molecule has 1 aliphatic carbocycles. The van der Waals surface area contributed by atoms with Gasteiger partial charge in [-0.3, -0.25) is 4.57 Å². The smallest absolute Gasteiger partial charge is 0.315 e. The Kier molecular flexibility index (Phi) is 6.14. The van der Waals surface area contributed by atoms with Gasteiger partial charge in [0.2, 0.25) is 0 Å². The Hall–Kier alpha value is 0.110. The molecule has 0 heterocycles. The zero-order chi connectivity index (χ0) is 12.8. The molecule has 0 radical (unpaired) electrons. The van der Waals surface area contributed by atoms with Crippen molar-refractivity contribution in [3.8, 4) is 0 Å². The zero-order valence-corrected chi connectivity index (χ0v) is 12.0. The quantitative estimate of drug-likeness (QED) is 0.769. The average molecular weight is 263 g/mol. The minimum atomic E-state index is -3.18. The molecule has 0 aromatic heterocycles. The molecule has 102 valence electrons. The maximum atomic E-state index is 12.8. The van der Waals surface area contributed by atoms with Crippen molar-refractivity contribution in [3.05, 3.63) is 0 Å². The van der Waals surface area contributed by atoms with E-state index in [-0.39, 0.29) is 0 Å². The van der Waals surface area contributed by atoms with Crippen molar-refractivity contribution in [2.75, 3.05) is 13.2 Å². The summed E-state index contributed by atoms with van der Waals surface area (Å²) in [5.74, 6) is 0. The van der Waals surface area contributed by atoms with E-state index in [2.05, 4.69) is 0 Å². The van der Waals surface area contributed by atoms with Gasteiger partial charge in [-0.15, -0.1) is 0 Å². The van der Waals surface area contributed by atoms with Gasteiger partial charge < -0.3 is 14.8 Å². The highest BCUT2D eigenvalue weighted by Gasteiger charge is 2.47. The highest BCUT2D eigenvalue weighted by Crippen LogP contribution is 2.61. The van der Waals surface area contributed by atoms with Crippen molar-refractivity contribution in [2.24, 2.45) is 5.73 Å². The molecular formula is C12H26NO3P. The Morgan fingerprint density at radius 2 is 1.41 bits per heavy atom. The second kappa shape index (κ2) is 6.89. The van der Waals surface area contributed by atoms with Gasteiger partial charge in [0.1, 0.15) is 5.28 Å². The van der Waals surface area contributed by atoms with E-state index in [0.717, 1.165) is 38.5 Å². The molecular weight excluding hydrogens is 237 g/mol. The highest BCUT2D eigenvalue weighted by atomic mass is 31.2. The molecule has 0 atom stereocenters. The van der Waals surface area contributed by atoms with Gasteiger partial charge in [0.25, 0.3) is 0 Å². The summed E-state index contributed by atoms with van der Waals surface area (Å²) >= 11 is 0. The molecule has 5 heteroatoms. The Balaban J connectivity index is 2.83. The van der Waals surface area contributed by atoms with Gasteiger partial charge in [0.15, 0.2) is 0 Å². The number of hydrogen-bond acceptors (Lipinski definition) is 4. The van der Waals surface area contributed by atoms with Crippen molar-refractivity contribution in [3.63, 3.8) is 0 Å². The van der Waals surface area contributed by atoms with Crippen LogP contribution in [0.25, 0.3) is 0 Å². The van der Waals surface area contributed by atoms with Gasteiger partial charge in [0.05, 0.1) is 13.2 Å². The maximum Gasteiger partial charge on any atom is 0.350 e. The summed E-state index contributed by atoms with van der Waals surface area (Å²) in [4.78, 5) is 0. The summed E-state index contributed by atoms with van der Waals surface area (Å²) in [6, 6.07) is 0. The minimum Gasteiger partial charge on any atom is -0.315 e. The molecule has 1 aliphatic rings. The lowest BCUT2D eigenvalue weighted by atomic mass is 9.97. The fraction of sp³-hybridized carbons (Fsp3) is 1.00. The molecule has 1 fully saturated rings. The van der Waals surface area contributed by atoms with Crippen LogP contribution in [-0.2, 0) is 13.6 Å². The largest absolute Gasteiger partial charge is 0.350 e. The van der Waals surface area contributed by atoms with Crippen molar-refractivity contribution < 1.29 is 13.6 Å². The molecule has 0 unspecified atom stereocenters. The fourth-order valence-corrected chi connectivity index (χ4v) is 4.56. The van der Waals surface area contributed by atoms with Gasteiger partial charge >= 0.3 is 7.60 Å². The van der Waals surface area contributed by atoms with E-state index < -0.39 is 12.9 Å². The van der Waals surface area contributed by atoms with Crippen molar-refractivity contribution in [1.82, 2.24) is 0 Å². The highest BCUT2D eigenvalue weighted by molar-refractivity contribution is 7.55. The third-order valence-electron chi connectivity index (χ3n) is 3.36. The monoisotopic (exact) mass is 263 g/mol. The standard InChI is InChI=1S/C12H26NO3P/c1-3-15-17(14,16-4-2)12(13)10-8-6-5-7-9-11-12/h3-11,13H2,1-2H3. The van der Waals surface area contributed by atoms with Gasteiger partial charge in [0, 0.05) is 0 Å². The van der Waals surface area contributed by atoms with Crippen molar-refractivity contribution >= 4 is 7.60 Å². The molecule has 1 rings (SSSR count). The zero-order valence-electron chi connectivity index (χ0n) is 11.1. The van der Waals surface area contributed by atoms with Crippen LogP contribution in [0.1, 0.15) is 58.8 Å². The van der Waals surface area contributed by atoms with E-state index in [1.54, 1.807) is 0 Å². The molecule has 0 amide bonds. The molecule has 0 saturated heterocycles. The fourth-order valence-electron chi connectivity index (χ4n) is 2.43. The summed E-state index contributed by atoms with van der Waals surface area (Å²) in [7, 11) is -3.18. The van der Waals surface area contributed by atoms with Crippen LogP contribution >= 0.6 is 7.60 Å². The van der Waals surface area contributed by atoms with Crippen LogP contribution in [0.5, 0.6) is 0 Å². The first-order valence-corrected chi connectivity index (χ1v) is 8.30. The average Bonchev–Trinajstić information content (AvgIpc) is 2.24. The minimum absolute atomic E-state index is 0.385. The molecule has 0 bridgehead atoms. The lowest BCUT2D eigenvalue weighted by Gasteiger charge is -2.36. The van der Waals surface area contributed by atoms with E-state index in [4.69, 9.17) is 14.8 Å². The van der Waals surface area contributed by atoms with Gasteiger partial charge in [-0.2, -0.15) is 0 Å². The molecule has 17 heavy (non-hydrogen) atoms. The summed E-state index contributed by atoms with van der Waals surface area (Å²) in [6.07, 6.45) is 7.09. The van der Waals surface area contributed by atoms with Crippen LogP contribution in [-0.4, -0.2) is 18.5 Å². The normalized spacial score (nSPS) is 21.8. The molecule has 0 aliphatic heterocycles. The second-order valence-electron chi connectivity index (χ2n) is 4.70. The molecule has 2 N–H and O–H groups in total. The summed E-state index contributed by atoms with van der Waals surface area (Å²) in [5.41, 5.74) is 6.37. The lowest BCUT2D eigenvalue weighted by molar-refractivity contribution is 0.186. The summed E-state index contributed by atoms with van der Waals surface area (Å²) in [5, 5.41) is -0.778. The Bertz CT molecular complexity index is 252. The number of hydrogen-bond donors (Lipinski definition) is 1. The van der Waals surface area contributed by atoms with E-state index in [1.165, 1.54) is 6.42 Å². The molecule has 4 nitrogen and oxygen atoms in total. The van der Waals surface area contributed by atoms with E-state index in [9.17, 15) is 4.57 Å². The van der Waals surface area contributed by atoms with Crippen LogP contribution in [0, 0.1) is 0 Å². The van der Waals surface area contributed by atoms with Crippen LogP contribution in [0.4, 0.5) is 0 Å². The first-order valence-electron chi connectivity index (χ1n) is 6.76. The second-order valence-corrected chi connectivity index (χ2v) is 7.11. The van der Waals surface area contributed by atoms with Gasteiger partial charge in [-0.05, 0) is 26.7 Å². The van der Waals surface area contributed by atoms with Crippen LogP contribution in [0.2, 0.25) is 0 Å². The van der Waals surface area contributed by atoms with E-state index in [1.807, 2.05) is 13.8 Å².